The summed E-state index contributed by atoms with van der Waals surface area (Å²) in [6, 6.07) is 28.8. The molecule has 0 spiro atoms. The molecule has 3 aromatic carbocycles. The number of β-lactam (4-membered cyclic amide) rings is 1. The number of likely N-dealkylation sites (N-methyl/N-ethyl adjacent to an activating group) is 1. The minimum atomic E-state index is -1.62. The highest BCUT2D eigenvalue weighted by Crippen LogP contribution is 2.42. The van der Waals surface area contributed by atoms with Gasteiger partial charge < -0.3 is 30.6 Å². The number of benzene rings is 3. The molecule has 2 amide bonds. The first-order chi connectivity index (χ1) is 27.2. The lowest BCUT2D eigenvalue weighted by Crippen LogP contribution is -2.71. The van der Waals surface area contributed by atoms with Crippen LogP contribution in [0.25, 0.3) is 0 Å². The Hall–Kier alpha value is -5.51. The summed E-state index contributed by atoms with van der Waals surface area (Å²) in [6.45, 7) is 11.0. The minimum absolute atomic E-state index is 0.0829. The highest BCUT2D eigenvalue weighted by atomic mass is 32.2. The van der Waals surface area contributed by atoms with Gasteiger partial charge >= 0.3 is 11.9 Å². The fraction of sp³-hybridized carbons (Fsp3) is 0.333. The van der Waals surface area contributed by atoms with Gasteiger partial charge in [0.2, 0.25) is 5.60 Å². The highest BCUT2D eigenvalue weighted by Gasteiger charge is 2.54. The van der Waals surface area contributed by atoms with Gasteiger partial charge in [0.1, 0.15) is 33.9 Å². The van der Waals surface area contributed by atoms with Crippen LogP contribution < -0.4 is 16.0 Å². The number of hydrogen-bond acceptors (Lipinski definition) is 12. The van der Waals surface area contributed by atoms with Crippen molar-refractivity contribution in [2.24, 2.45) is 5.16 Å². The molecule has 298 valence electrons. The molecule has 6 rings (SSSR count). The lowest BCUT2D eigenvalue weighted by molar-refractivity contribution is -0.179. The van der Waals surface area contributed by atoms with Crippen LogP contribution in [0.15, 0.2) is 113 Å². The third-order valence-corrected chi connectivity index (χ3v) is 11.4. The van der Waals surface area contributed by atoms with Gasteiger partial charge in [-0.25, -0.2) is 14.6 Å². The summed E-state index contributed by atoms with van der Waals surface area (Å²) in [5.41, 5.74) is -0.219. The minimum Gasteiger partial charge on any atom is -0.477 e. The van der Waals surface area contributed by atoms with E-state index in [1.807, 2.05) is 97.9 Å². The quantitative estimate of drug-likeness (QED) is 0.0380. The van der Waals surface area contributed by atoms with Crippen LogP contribution in [0.4, 0.5) is 5.13 Å². The van der Waals surface area contributed by atoms with Crippen LogP contribution in [-0.2, 0) is 34.3 Å². The van der Waals surface area contributed by atoms with Gasteiger partial charge in [0.05, 0.1) is 0 Å². The van der Waals surface area contributed by atoms with Crippen molar-refractivity contribution in [1.82, 2.24) is 20.5 Å². The van der Waals surface area contributed by atoms with Crippen molar-refractivity contribution < 1.29 is 33.9 Å². The number of carboxylic acid groups (broad SMARTS) is 1. The second kappa shape index (κ2) is 16.9. The van der Waals surface area contributed by atoms with E-state index in [0.29, 0.717) is 29.5 Å². The third kappa shape index (κ3) is 8.75. The highest BCUT2D eigenvalue weighted by molar-refractivity contribution is 8.00. The molecule has 0 saturated carbocycles. The van der Waals surface area contributed by atoms with Crippen LogP contribution in [-0.4, -0.2) is 85.9 Å². The summed E-state index contributed by atoms with van der Waals surface area (Å²) >= 11 is 2.59. The Morgan fingerprint density at radius 1 is 0.912 bits per heavy atom. The first-order valence-electron chi connectivity index (χ1n) is 18.5. The molecule has 1 saturated heterocycles. The smallest absolute Gasteiger partial charge is 0.353 e. The SMILES string of the molecule is CCNCC1=C(C(=O)O)N2C(=O)C(NC(=O)/C(=N/OC(C)(C)C(=O)OC(C)(C)C)c3csc(NC(c4ccccc4)(c4ccccc4)c4ccccc4)n3)[C@H]2SC1. The predicted octanol–water partition coefficient (Wildman–Crippen LogP) is 5.74. The number of hydrogen-bond donors (Lipinski definition) is 4. The summed E-state index contributed by atoms with van der Waals surface area (Å²) < 4.78 is 5.55. The van der Waals surface area contributed by atoms with E-state index < -0.39 is 51.9 Å². The molecule has 0 radical (unpaired) electrons. The van der Waals surface area contributed by atoms with Crippen molar-refractivity contribution >= 4 is 57.7 Å². The number of aromatic nitrogens is 1. The number of esters is 1. The lowest BCUT2D eigenvalue weighted by Gasteiger charge is -2.49. The summed E-state index contributed by atoms with van der Waals surface area (Å²) in [5, 5.41) is 25.2. The van der Waals surface area contributed by atoms with E-state index in [4.69, 9.17) is 14.6 Å². The van der Waals surface area contributed by atoms with Crippen LogP contribution in [0, 0.1) is 0 Å². The Kier molecular flexibility index (Phi) is 12.2. The summed E-state index contributed by atoms with van der Waals surface area (Å²) in [4.78, 5) is 65.1. The van der Waals surface area contributed by atoms with E-state index in [-0.39, 0.29) is 17.1 Å². The molecule has 2 atom stereocenters. The Morgan fingerprint density at radius 2 is 1.47 bits per heavy atom. The van der Waals surface area contributed by atoms with Gasteiger partial charge in [-0.3, -0.25) is 14.5 Å². The average Bonchev–Trinajstić information content (AvgIpc) is 3.65. The maximum Gasteiger partial charge on any atom is 0.353 e. The number of ether oxygens (including phenoxy) is 1. The Labute approximate surface area is 339 Å². The number of carbonyl (C=O) groups is 4. The van der Waals surface area contributed by atoms with Crippen LogP contribution in [0.3, 0.4) is 0 Å². The van der Waals surface area contributed by atoms with Crippen molar-refractivity contribution in [3.05, 3.63) is 130 Å². The van der Waals surface area contributed by atoms with Crippen molar-refractivity contribution in [3.63, 3.8) is 0 Å². The molecule has 0 aliphatic carbocycles. The second-order valence-electron chi connectivity index (χ2n) is 15.0. The molecule has 0 bridgehead atoms. The third-order valence-electron chi connectivity index (χ3n) is 9.26. The number of fused-ring (bicyclic) bond motifs is 1. The average molecular weight is 811 g/mol. The molecule has 13 nitrogen and oxygen atoms in total. The zero-order valence-electron chi connectivity index (χ0n) is 32.6. The number of thioether (sulfide) groups is 1. The van der Waals surface area contributed by atoms with Crippen molar-refractivity contribution in [2.75, 3.05) is 24.2 Å². The number of amides is 2. The van der Waals surface area contributed by atoms with Gasteiger partial charge in [-0.2, -0.15) is 0 Å². The van der Waals surface area contributed by atoms with Gasteiger partial charge in [-0.1, -0.05) is 103 Å². The number of oxime groups is 1. The van der Waals surface area contributed by atoms with Crippen LogP contribution in [0.1, 0.15) is 63.9 Å². The number of thiazole rings is 1. The first-order valence-corrected chi connectivity index (χ1v) is 20.4. The number of carbonyl (C=O) groups excluding carboxylic acids is 3. The molecule has 1 aromatic heterocycles. The van der Waals surface area contributed by atoms with E-state index in [1.54, 1.807) is 26.2 Å². The summed E-state index contributed by atoms with van der Waals surface area (Å²) in [6.07, 6.45) is 0. The number of nitrogens with one attached hydrogen (secondary N) is 3. The zero-order valence-corrected chi connectivity index (χ0v) is 34.2. The van der Waals surface area contributed by atoms with Crippen LogP contribution in [0.2, 0.25) is 0 Å². The molecule has 4 aromatic rings. The number of rotatable bonds is 15. The molecule has 57 heavy (non-hydrogen) atoms. The van der Waals surface area contributed by atoms with Gasteiger partial charge in [0.15, 0.2) is 10.8 Å². The van der Waals surface area contributed by atoms with Crippen molar-refractivity contribution in [2.45, 2.75) is 69.7 Å². The molecule has 1 fully saturated rings. The molecule has 15 heteroatoms. The van der Waals surface area contributed by atoms with Crippen molar-refractivity contribution in [1.29, 1.82) is 0 Å². The van der Waals surface area contributed by atoms with E-state index in [1.165, 1.54) is 41.8 Å². The van der Waals surface area contributed by atoms with Gasteiger partial charge in [0, 0.05) is 17.7 Å². The van der Waals surface area contributed by atoms with E-state index in [0.717, 1.165) is 16.7 Å². The van der Waals surface area contributed by atoms with Crippen LogP contribution >= 0.6 is 23.1 Å². The van der Waals surface area contributed by atoms with E-state index >= 15 is 0 Å². The predicted molar refractivity (Wildman–Crippen MR) is 221 cm³/mol. The molecule has 2 aliphatic rings. The van der Waals surface area contributed by atoms with Crippen LogP contribution in [0.5, 0.6) is 0 Å². The number of nitrogens with zero attached hydrogens (tertiary/aromatic N) is 3. The maximum absolute atomic E-state index is 14.3. The van der Waals surface area contributed by atoms with E-state index in [9.17, 15) is 24.3 Å². The normalized spacial score (nSPS) is 17.3. The largest absolute Gasteiger partial charge is 0.477 e. The molecule has 3 heterocycles. The van der Waals surface area contributed by atoms with E-state index in [2.05, 4.69) is 21.1 Å². The Bertz CT molecular complexity index is 2070. The Balaban J connectivity index is 1.36. The molecular formula is C42H46N6O7S2. The second-order valence-corrected chi connectivity index (χ2v) is 16.9. The van der Waals surface area contributed by atoms with Gasteiger partial charge in [0.25, 0.3) is 11.8 Å². The van der Waals surface area contributed by atoms with Gasteiger partial charge in [-0.05, 0) is 63.4 Å². The number of aliphatic carboxylic acids is 1. The molecular weight excluding hydrogens is 765 g/mol. The first kappa shape index (κ1) is 41.1. The van der Waals surface area contributed by atoms with Gasteiger partial charge in [-0.15, -0.1) is 23.1 Å². The van der Waals surface area contributed by atoms with Crippen molar-refractivity contribution in [3.8, 4) is 0 Å². The lowest BCUT2D eigenvalue weighted by atomic mass is 9.77. The zero-order chi connectivity index (χ0) is 41.0. The Morgan fingerprint density at radius 3 is 1.98 bits per heavy atom. The number of anilines is 1. The fourth-order valence-corrected chi connectivity index (χ4v) is 8.59. The molecule has 4 N–H and O–H groups in total. The molecule has 2 aliphatic heterocycles. The topological polar surface area (TPSA) is 172 Å². The standard InChI is InChI=1S/C42H46N6O7S2/c1-7-43-23-26-24-56-36-32(35(50)48(36)33(26)37(51)52)45-34(49)31(47-55-41(5,6)38(53)54-40(2,3)4)30-25-57-39(44-30)46-42(27-17-11-8-12-18-27,28-19-13-9-14-20-28)29-21-15-10-16-22-29/h8-22,25,32,36,43H,7,23-24H2,1-6H3,(H,44,46)(H,45,49)(H,51,52)/b47-31+/t32?,36-/m1/s1. The fourth-order valence-electron chi connectivity index (χ4n) is 6.49. The molecule has 1 unspecified atom stereocenters. The monoisotopic (exact) mass is 810 g/mol. The number of carboxylic acids is 1. The summed E-state index contributed by atoms with van der Waals surface area (Å²) in [5.74, 6) is -2.93. The maximum atomic E-state index is 14.3. The summed E-state index contributed by atoms with van der Waals surface area (Å²) in [7, 11) is 0.